The molecule has 130 valence electrons. The van der Waals surface area contributed by atoms with Crippen LogP contribution < -0.4 is 0 Å². The second kappa shape index (κ2) is 5.88. The monoisotopic (exact) mass is 342 g/mol. The van der Waals surface area contributed by atoms with Crippen LogP contribution in [-0.2, 0) is 23.9 Å². The molecule has 25 heavy (non-hydrogen) atoms. The van der Waals surface area contributed by atoms with E-state index >= 15 is 0 Å². The number of carbonyl (C=O) groups excluding carboxylic acids is 2. The molecule has 0 unspecified atom stereocenters. The number of benzene rings is 1. The molecule has 0 amide bonds. The van der Waals surface area contributed by atoms with Gasteiger partial charge in [0, 0.05) is 5.56 Å². The van der Waals surface area contributed by atoms with Gasteiger partial charge in [-0.25, -0.2) is 9.59 Å². The average molecular weight is 342 g/mol. The van der Waals surface area contributed by atoms with Crippen molar-refractivity contribution in [2.45, 2.75) is 38.9 Å². The topological polar surface area (TPSA) is 98.0 Å². The Hall–Kier alpha value is -2.88. The van der Waals surface area contributed by atoms with Crippen LogP contribution in [0.15, 0.2) is 17.3 Å². The highest BCUT2D eigenvalue weighted by molar-refractivity contribution is 6.10. The summed E-state index contributed by atoms with van der Waals surface area (Å²) in [5.41, 5.74) is 2.53. The molecule has 1 aromatic rings. The van der Waals surface area contributed by atoms with Crippen LogP contribution in [-0.4, -0.2) is 36.5 Å². The van der Waals surface area contributed by atoms with Crippen LogP contribution in [0, 0.1) is 38.0 Å². The fourth-order valence-electron chi connectivity index (χ4n) is 3.60. The highest BCUT2D eigenvalue weighted by atomic mass is 16.7. The summed E-state index contributed by atoms with van der Waals surface area (Å²) < 4.78 is 9.71. The van der Waals surface area contributed by atoms with Crippen LogP contribution in [0.2, 0.25) is 0 Å². The third-order valence-electron chi connectivity index (χ3n) is 4.66. The minimum absolute atomic E-state index is 0.103. The summed E-state index contributed by atoms with van der Waals surface area (Å²) in [6, 6.07) is 6.07. The Bertz CT molecular complexity index is 815. The van der Waals surface area contributed by atoms with E-state index in [1.54, 1.807) is 0 Å². The number of aryl methyl sites for hydroxylation is 3. The van der Waals surface area contributed by atoms with Crippen molar-refractivity contribution in [3.8, 4) is 6.07 Å². The van der Waals surface area contributed by atoms with Gasteiger partial charge in [0.2, 0.25) is 6.10 Å². The van der Waals surface area contributed by atoms with Crippen molar-refractivity contribution in [1.82, 2.24) is 0 Å². The van der Waals surface area contributed by atoms with Crippen molar-refractivity contribution in [3.05, 3.63) is 34.4 Å². The smallest absolute Gasteiger partial charge is 0.356 e. The maximum absolute atomic E-state index is 12.4. The fraction of sp³-hybridized carbons (Fsp3) is 0.444. The molecular formula is C18H18N2O5. The van der Waals surface area contributed by atoms with E-state index in [-0.39, 0.29) is 6.42 Å². The quantitative estimate of drug-likeness (QED) is 0.759. The Kier molecular flexibility index (Phi) is 3.99. The second-order valence-electron chi connectivity index (χ2n) is 6.41. The van der Waals surface area contributed by atoms with Gasteiger partial charge in [-0.1, -0.05) is 22.9 Å². The highest BCUT2D eigenvalue weighted by Crippen LogP contribution is 2.43. The van der Waals surface area contributed by atoms with Crippen LogP contribution in [0.5, 0.6) is 0 Å². The molecule has 1 fully saturated rings. The summed E-state index contributed by atoms with van der Waals surface area (Å²) in [7, 11) is 1.21. The molecule has 7 heteroatoms. The van der Waals surface area contributed by atoms with Crippen molar-refractivity contribution >= 4 is 17.7 Å². The van der Waals surface area contributed by atoms with Crippen molar-refractivity contribution in [1.29, 1.82) is 5.26 Å². The molecule has 2 heterocycles. The molecule has 1 saturated heterocycles. The number of carbonyl (C=O) groups is 2. The lowest BCUT2D eigenvalue weighted by atomic mass is 9.79. The number of esters is 2. The number of oxime groups is 1. The van der Waals surface area contributed by atoms with Gasteiger partial charge in [0.1, 0.15) is 11.6 Å². The van der Waals surface area contributed by atoms with E-state index in [9.17, 15) is 14.9 Å². The number of hydrogen-bond acceptors (Lipinski definition) is 7. The standard InChI is InChI=1S/C18H18N2O5/c1-9-5-10(2)14(11(3)6-9)15-12(8-19)18(25-20-15)7-13(16(21)23-4)24-17(18)22/h5-6,12-13H,7H2,1-4H3/t12-,13+,18-/m1/s1. The molecule has 1 spiro atoms. The first kappa shape index (κ1) is 17.0. The Morgan fingerprint density at radius 3 is 2.56 bits per heavy atom. The third kappa shape index (κ3) is 2.45. The van der Waals surface area contributed by atoms with Gasteiger partial charge >= 0.3 is 11.9 Å². The van der Waals surface area contributed by atoms with E-state index in [0.717, 1.165) is 22.3 Å². The maximum Gasteiger partial charge on any atom is 0.356 e. The summed E-state index contributed by atoms with van der Waals surface area (Å²) in [6.07, 6.45) is -1.20. The van der Waals surface area contributed by atoms with Crippen LogP contribution in [0.25, 0.3) is 0 Å². The van der Waals surface area contributed by atoms with E-state index in [1.807, 2.05) is 32.9 Å². The number of methoxy groups -OCH3 is 1. The van der Waals surface area contributed by atoms with E-state index < -0.39 is 29.6 Å². The minimum atomic E-state index is -1.60. The zero-order valence-corrected chi connectivity index (χ0v) is 14.5. The van der Waals surface area contributed by atoms with Crippen LogP contribution in [0.3, 0.4) is 0 Å². The van der Waals surface area contributed by atoms with Crippen molar-refractivity contribution in [3.63, 3.8) is 0 Å². The van der Waals surface area contributed by atoms with Crippen LogP contribution in [0.1, 0.15) is 28.7 Å². The molecule has 0 N–H and O–H groups in total. The molecular weight excluding hydrogens is 324 g/mol. The first-order chi connectivity index (χ1) is 11.8. The number of nitriles is 1. The molecule has 0 saturated carbocycles. The van der Waals surface area contributed by atoms with E-state index in [0.29, 0.717) is 5.71 Å². The van der Waals surface area contributed by atoms with Gasteiger partial charge in [0.05, 0.1) is 19.6 Å². The van der Waals surface area contributed by atoms with Gasteiger partial charge in [-0.15, -0.1) is 0 Å². The fourth-order valence-corrected chi connectivity index (χ4v) is 3.60. The normalized spacial score (nSPS) is 27.5. The highest BCUT2D eigenvalue weighted by Gasteiger charge is 2.64. The Morgan fingerprint density at radius 1 is 1.36 bits per heavy atom. The first-order valence-electron chi connectivity index (χ1n) is 7.87. The molecule has 7 nitrogen and oxygen atoms in total. The predicted octanol–water partition coefficient (Wildman–Crippen LogP) is 1.71. The van der Waals surface area contributed by atoms with Gasteiger partial charge in [0.25, 0.3) is 5.60 Å². The summed E-state index contributed by atoms with van der Waals surface area (Å²) in [6.45, 7) is 5.82. The van der Waals surface area contributed by atoms with E-state index in [2.05, 4.69) is 16.0 Å². The third-order valence-corrected chi connectivity index (χ3v) is 4.66. The molecule has 0 aliphatic carbocycles. The molecule has 0 bridgehead atoms. The summed E-state index contributed by atoms with van der Waals surface area (Å²) >= 11 is 0. The lowest BCUT2D eigenvalue weighted by Gasteiger charge is -2.20. The summed E-state index contributed by atoms with van der Waals surface area (Å²) in [4.78, 5) is 29.6. The first-order valence-corrected chi connectivity index (χ1v) is 7.87. The maximum atomic E-state index is 12.4. The molecule has 0 radical (unpaired) electrons. The number of nitrogens with zero attached hydrogens (tertiary/aromatic N) is 2. The largest absolute Gasteiger partial charge is 0.466 e. The van der Waals surface area contributed by atoms with Crippen molar-refractivity contribution < 1.29 is 23.9 Å². The van der Waals surface area contributed by atoms with E-state index in [1.165, 1.54) is 7.11 Å². The van der Waals surface area contributed by atoms with Gasteiger partial charge in [-0.05, 0) is 31.9 Å². The van der Waals surface area contributed by atoms with Crippen molar-refractivity contribution in [2.24, 2.45) is 11.1 Å². The lowest BCUT2D eigenvalue weighted by Crippen LogP contribution is -2.43. The Morgan fingerprint density at radius 2 is 2.00 bits per heavy atom. The zero-order chi connectivity index (χ0) is 18.4. The van der Waals surface area contributed by atoms with Gasteiger partial charge in [-0.2, -0.15) is 5.26 Å². The zero-order valence-electron chi connectivity index (χ0n) is 14.5. The SMILES string of the molecule is COC(=O)[C@@H]1C[C@]2(ON=C(c3c(C)cc(C)cc3C)[C@H]2C#N)C(=O)O1. The van der Waals surface area contributed by atoms with Crippen LogP contribution >= 0.6 is 0 Å². The molecule has 2 aliphatic rings. The number of rotatable bonds is 2. The molecule has 3 atom stereocenters. The average Bonchev–Trinajstić information content (AvgIpc) is 3.07. The summed E-state index contributed by atoms with van der Waals surface area (Å²) in [5.74, 6) is -2.41. The van der Waals surface area contributed by atoms with Gasteiger partial charge < -0.3 is 14.3 Å². The minimum Gasteiger partial charge on any atom is -0.466 e. The molecule has 1 aromatic carbocycles. The number of ether oxygens (including phenoxy) is 2. The summed E-state index contributed by atoms with van der Waals surface area (Å²) in [5, 5.41) is 13.8. The van der Waals surface area contributed by atoms with E-state index in [4.69, 9.17) is 9.57 Å². The predicted molar refractivity (Wildman–Crippen MR) is 86.6 cm³/mol. The van der Waals surface area contributed by atoms with Crippen molar-refractivity contribution in [2.75, 3.05) is 7.11 Å². The molecule has 0 aromatic heterocycles. The molecule has 3 rings (SSSR count). The lowest BCUT2D eigenvalue weighted by molar-refractivity contribution is -0.165. The van der Waals surface area contributed by atoms with Gasteiger partial charge in [0.15, 0.2) is 0 Å². The van der Waals surface area contributed by atoms with Gasteiger partial charge in [-0.3, -0.25) is 0 Å². The second-order valence-corrected chi connectivity index (χ2v) is 6.41. The number of cyclic esters (lactones) is 1. The number of hydrogen-bond donors (Lipinski definition) is 0. The Balaban J connectivity index is 2.01. The van der Waals surface area contributed by atoms with Crippen LogP contribution in [0.4, 0.5) is 0 Å². The molecule has 2 aliphatic heterocycles. The Labute approximate surface area is 145 Å².